The molecule has 0 aromatic rings. The minimum absolute atomic E-state index is 0.0903. The average Bonchev–Trinajstić information content (AvgIpc) is 1.82. The van der Waals surface area contributed by atoms with E-state index in [-0.39, 0.29) is 5.73 Å². The van der Waals surface area contributed by atoms with Gasteiger partial charge in [0, 0.05) is 5.73 Å². The Hall–Kier alpha value is 0.177. The van der Waals surface area contributed by atoms with Crippen molar-refractivity contribution in [2.75, 3.05) is 0 Å². The van der Waals surface area contributed by atoms with Gasteiger partial charge in [-0.1, -0.05) is 41.5 Å². The number of aliphatic hydroxyl groups excluding tert-OH is 1. The lowest BCUT2D eigenvalue weighted by Gasteiger charge is -2.45. The molecule has 80 valence electrons. The van der Waals surface area contributed by atoms with Crippen LogP contribution in [-0.4, -0.2) is 18.9 Å². The van der Waals surface area contributed by atoms with E-state index in [9.17, 15) is 5.11 Å². The minimum atomic E-state index is -1.55. The molecule has 0 aromatic heterocycles. The van der Waals surface area contributed by atoms with E-state index in [1.165, 1.54) is 0 Å². The van der Waals surface area contributed by atoms with Crippen molar-refractivity contribution in [1.82, 2.24) is 0 Å². The summed E-state index contributed by atoms with van der Waals surface area (Å²) in [4.78, 5) is 0. The summed E-state index contributed by atoms with van der Waals surface area (Å²) in [6.45, 7) is 15.7. The van der Waals surface area contributed by atoms with E-state index in [0.717, 1.165) is 0 Å². The van der Waals surface area contributed by atoms with Crippen molar-refractivity contribution < 1.29 is 5.11 Å². The zero-order valence-corrected chi connectivity index (χ0v) is 11.3. The highest BCUT2D eigenvalue weighted by atomic mass is 28.3. The van der Waals surface area contributed by atoms with Crippen LogP contribution in [0.15, 0.2) is 0 Å². The summed E-state index contributed by atoms with van der Waals surface area (Å²) in [6, 6.07) is 0. The standard InChI is InChI=1S/C11H26OSi/c1-8(2)13(9(3)4,10(5)6)11(7)12/h8-12H,1-7H3. The molecule has 0 rings (SSSR count). The Morgan fingerprint density at radius 1 is 0.692 bits per heavy atom. The van der Waals surface area contributed by atoms with E-state index in [0.29, 0.717) is 16.6 Å². The quantitative estimate of drug-likeness (QED) is 0.691. The van der Waals surface area contributed by atoms with Crippen LogP contribution in [0.2, 0.25) is 16.6 Å². The Balaban J connectivity index is 5.06. The molecule has 13 heavy (non-hydrogen) atoms. The van der Waals surface area contributed by atoms with Crippen LogP contribution in [0, 0.1) is 0 Å². The summed E-state index contributed by atoms with van der Waals surface area (Å²) in [5.74, 6) is 0. The summed E-state index contributed by atoms with van der Waals surface area (Å²) in [6.07, 6.45) is 0. The third-order valence-electron chi connectivity index (χ3n) is 3.72. The second-order valence-electron chi connectivity index (χ2n) is 5.14. The van der Waals surface area contributed by atoms with Gasteiger partial charge in [0.2, 0.25) is 0 Å². The van der Waals surface area contributed by atoms with Crippen LogP contribution in [0.4, 0.5) is 0 Å². The molecule has 0 aliphatic heterocycles. The summed E-state index contributed by atoms with van der Waals surface area (Å²) in [7, 11) is -1.55. The van der Waals surface area contributed by atoms with E-state index in [4.69, 9.17) is 0 Å². The second kappa shape index (κ2) is 4.60. The Morgan fingerprint density at radius 2 is 0.923 bits per heavy atom. The number of rotatable bonds is 4. The molecule has 0 heterocycles. The van der Waals surface area contributed by atoms with Crippen molar-refractivity contribution in [2.45, 2.75) is 70.8 Å². The van der Waals surface area contributed by atoms with Crippen molar-refractivity contribution >= 4 is 8.07 Å². The summed E-state index contributed by atoms with van der Waals surface area (Å²) < 4.78 is 0. The molecule has 0 aliphatic rings. The Kier molecular flexibility index (Phi) is 4.67. The van der Waals surface area contributed by atoms with Gasteiger partial charge < -0.3 is 5.11 Å². The molecule has 0 saturated carbocycles. The molecule has 0 radical (unpaired) electrons. The molecule has 0 aromatic carbocycles. The van der Waals surface area contributed by atoms with Gasteiger partial charge in [-0.15, -0.1) is 0 Å². The maximum atomic E-state index is 10.0. The van der Waals surface area contributed by atoms with Gasteiger partial charge in [0.05, 0.1) is 8.07 Å². The molecule has 0 saturated heterocycles. The molecule has 1 N–H and O–H groups in total. The number of aliphatic hydroxyl groups is 1. The molecule has 1 nitrogen and oxygen atoms in total. The summed E-state index contributed by atoms with van der Waals surface area (Å²) in [5, 5.41) is 10.0. The second-order valence-corrected chi connectivity index (χ2v) is 11.4. The maximum absolute atomic E-state index is 10.0. The molecule has 0 spiro atoms. The van der Waals surface area contributed by atoms with Crippen LogP contribution in [0.3, 0.4) is 0 Å². The van der Waals surface area contributed by atoms with Crippen molar-refractivity contribution in [3.8, 4) is 0 Å². The highest BCUT2D eigenvalue weighted by Gasteiger charge is 2.46. The molecule has 1 atom stereocenters. The van der Waals surface area contributed by atoms with Crippen molar-refractivity contribution in [3.63, 3.8) is 0 Å². The Morgan fingerprint density at radius 3 is 0.923 bits per heavy atom. The zero-order valence-electron chi connectivity index (χ0n) is 10.3. The van der Waals surface area contributed by atoms with Crippen LogP contribution in [0.5, 0.6) is 0 Å². The molecular formula is C11H26OSi. The highest BCUT2D eigenvalue weighted by Crippen LogP contribution is 2.43. The first-order valence-corrected chi connectivity index (χ1v) is 7.76. The Bertz CT molecular complexity index is 113. The molecule has 0 bridgehead atoms. The van der Waals surface area contributed by atoms with Crippen LogP contribution >= 0.6 is 0 Å². The van der Waals surface area contributed by atoms with E-state index in [2.05, 4.69) is 41.5 Å². The van der Waals surface area contributed by atoms with Crippen LogP contribution in [-0.2, 0) is 0 Å². The van der Waals surface area contributed by atoms with Crippen molar-refractivity contribution in [2.24, 2.45) is 0 Å². The molecule has 1 unspecified atom stereocenters. The van der Waals surface area contributed by atoms with Crippen molar-refractivity contribution in [3.05, 3.63) is 0 Å². The normalized spacial score (nSPS) is 15.9. The lowest BCUT2D eigenvalue weighted by Crippen LogP contribution is -2.54. The fraction of sp³-hybridized carbons (Fsp3) is 1.00. The lowest BCUT2D eigenvalue weighted by atomic mass is 10.5. The summed E-state index contributed by atoms with van der Waals surface area (Å²) in [5.41, 5.74) is 1.89. The fourth-order valence-corrected chi connectivity index (χ4v) is 10.3. The molecule has 0 aliphatic carbocycles. The minimum Gasteiger partial charge on any atom is -0.397 e. The van der Waals surface area contributed by atoms with Gasteiger partial charge in [-0.25, -0.2) is 0 Å². The number of hydrogen-bond acceptors (Lipinski definition) is 1. The SMILES string of the molecule is CC(C)[Si](C(C)C)(C(C)C)C(C)O. The first kappa shape index (κ1) is 13.2. The van der Waals surface area contributed by atoms with E-state index >= 15 is 0 Å². The van der Waals surface area contributed by atoms with Crippen LogP contribution in [0.1, 0.15) is 48.5 Å². The third-order valence-corrected chi connectivity index (χ3v) is 11.2. The number of hydrogen-bond donors (Lipinski definition) is 1. The van der Waals surface area contributed by atoms with Crippen molar-refractivity contribution in [1.29, 1.82) is 0 Å². The maximum Gasteiger partial charge on any atom is 0.0944 e. The topological polar surface area (TPSA) is 20.2 Å². The predicted molar refractivity (Wildman–Crippen MR) is 62.7 cm³/mol. The van der Waals surface area contributed by atoms with Gasteiger partial charge in [0.1, 0.15) is 0 Å². The largest absolute Gasteiger partial charge is 0.397 e. The van der Waals surface area contributed by atoms with Gasteiger partial charge >= 0.3 is 0 Å². The molecule has 2 heteroatoms. The van der Waals surface area contributed by atoms with E-state index in [1.807, 2.05) is 6.92 Å². The van der Waals surface area contributed by atoms with E-state index < -0.39 is 8.07 Å². The van der Waals surface area contributed by atoms with Gasteiger partial charge in [-0.2, -0.15) is 0 Å². The highest BCUT2D eigenvalue weighted by molar-refractivity contribution is 6.84. The van der Waals surface area contributed by atoms with Crippen LogP contribution in [0.25, 0.3) is 0 Å². The van der Waals surface area contributed by atoms with Gasteiger partial charge in [0.25, 0.3) is 0 Å². The zero-order chi connectivity index (χ0) is 10.8. The van der Waals surface area contributed by atoms with Gasteiger partial charge in [-0.05, 0) is 23.5 Å². The third kappa shape index (κ3) is 2.16. The van der Waals surface area contributed by atoms with Gasteiger partial charge in [-0.3, -0.25) is 0 Å². The first-order valence-electron chi connectivity index (χ1n) is 5.45. The smallest absolute Gasteiger partial charge is 0.0944 e. The molecule has 0 fully saturated rings. The lowest BCUT2D eigenvalue weighted by molar-refractivity contribution is 0.254. The fourth-order valence-electron chi connectivity index (χ4n) is 3.45. The van der Waals surface area contributed by atoms with Gasteiger partial charge in [0.15, 0.2) is 0 Å². The molecule has 0 amide bonds. The summed E-state index contributed by atoms with van der Waals surface area (Å²) >= 11 is 0. The Labute approximate surface area is 84.6 Å². The predicted octanol–water partition coefficient (Wildman–Crippen LogP) is 3.59. The molecular weight excluding hydrogens is 176 g/mol. The van der Waals surface area contributed by atoms with E-state index in [1.54, 1.807) is 0 Å². The monoisotopic (exact) mass is 202 g/mol. The average molecular weight is 202 g/mol. The van der Waals surface area contributed by atoms with Crippen LogP contribution < -0.4 is 0 Å². The first-order chi connectivity index (χ1) is 5.77.